The first-order chi connectivity index (χ1) is 17.8. The molecule has 4 rings (SSSR count). The Balaban J connectivity index is 1.79. The third kappa shape index (κ3) is 4.64. The maximum Gasteiger partial charge on any atom is 0.261 e. The summed E-state index contributed by atoms with van der Waals surface area (Å²) < 4.78 is 26.9. The number of terminal acetylenes is 1. The van der Waals surface area contributed by atoms with Gasteiger partial charge in [-0.05, 0) is 76.7 Å². The number of thiocarbonyl (C=S) groups is 1. The van der Waals surface area contributed by atoms with Gasteiger partial charge in [0, 0.05) is 24.4 Å². The molecule has 8 nitrogen and oxygen atoms in total. The van der Waals surface area contributed by atoms with Gasteiger partial charge < -0.3 is 14.4 Å². The van der Waals surface area contributed by atoms with Crippen molar-refractivity contribution in [2.24, 2.45) is 0 Å². The summed E-state index contributed by atoms with van der Waals surface area (Å²) >= 11 is 5.79. The number of anilines is 2. The monoisotopic (exact) mass is 536 g/mol. The Morgan fingerprint density at radius 2 is 1.87 bits per heavy atom. The largest absolute Gasteiger partial charge is 0.475 e. The lowest BCUT2D eigenvalue weighted by Gasteiger charge is -2.30. The molecule has 1 amide bonds. The molecule has 1 aromatic carbocycles. The Hall–Kier alpha value is -3.81. The minimum Gasteiger partial charge on any atom is -0.475 e. The van der Waals surface area contributed by atoms with Crippen molar-refractivity contribution in [3.63, 3.8) is 0 Å². The summed E-state index contributed by atoms with van der Waals surface area (Å²) in [6.07, 6.45) is 7.18. The second-order valence-electron chi connectivity index (χ2n) is 10.0. The summed E-state index contributed by atoms with van der Waals surface area (Å²) in [7, 11) is 1.56. The van der Waals surface area contributed by atoms with Crippen LogP contribution in [-0.2, 0) is 15.2 Å². The molecule has 1 fully saturated rings. The standard InChI is InChI=1S/C28H29FN4O4S/c1-8-18-9-10-19(14-21(18)27(3,4)29)32-25(35)28(5,6)33(26(32)38)20-13-17(2)24-30-22(37-12-11-36-7)15-23(34)31(24)16-20/h1,9-10,13-16H,11-12H2,2-7H3. The van der Waals surface area contributed by atoms with Crippen LogP contribution >= 0.6 is 12.2 Å². The van der Waals surface area contributed by atoms with E-state index in [4.69, 9.17) is 28.1 Å². The molecule has 0 spiro atoms. The third-order valence-electron chi connectivity index (χ3n) is 6.43. The van der Waals surface area contributed by atoms with E-state index < -0.39 is 11.2 Å². The summed E-state index contributed by atoms with van der Waals surface area (Å²) in [5.74, 6) is 2.40. The molecule has 0 aliphatic carbocycles. The molecule has 0 saturated carbocycles. The Bertz CT molecular complexity index is 1550. The Kier molecular flexibility index (Phi) is 7.03. The smallest absolute Gasteiger partial charge is 0.261 e. The Labute approximate surface area is 226 Å². The van der Waals surface area contributed by atoms with Crippen molar-refractivity contribution >= 4 is 40.3 Å². The number of carbonyl (C=O) groups excluding carboxylic acids is 1. The lowest BCUT2D eigenvalue weighted by molar-refractivity contribution is -0.120. The van der Waals surface area contributed by atoms with E-state index in [1.54, 1.807) is 50.3 Å². The maximum atomic E-state index is 15.0. The molecular formula is C28H29FN4O4S. The minimum atomic E-state index is -1.73. The van der Waals surface area contributed by atoms with Crippen molar-refractivity contribution < 1.29 is 18.7 Å². The van der Waals surface area contributed by atoms with E-state index in [2.05, 4.69) is 10.9 Å². The predicted octanol–water partition coefficient (Wildman–Crippen LogP) is 4.13. The van der Waals surface area contributed by atoms with E-state index in [-0.39, 0.29) is 34.6 Å². The zero-order valence-electron chi connectivity index (χ0n) is 22.2. The van der Waals surface area contributed by atoms with E-state index in [0.717, 1.165) is 0 Å². The SMILES string of the molecule is C#Cc1ccc(N2C(=O)C(C)(C)N(c3cc(C)c4nc(OCCOC)cc(=O)n4c3)C2=S)cc1C(C)(C)F. The second-order valence-corrected chi connectivity index (χ2v) is 10.4. The molecule has 0 atom stereocenters. The van der Waals surface area contributed by atoms with Gasteiger partial charge in [-0.2, -0.15) is 4.98 Å². The number of benzene rings is 1. The number of alkyl halides is 1. The first-order valence-corrected chi connectivity index (χ1v) is 12.4. The van der Waals surface area contributed by atoms with E-state index in [0.29, 0.717) is 34.8 Å². The maximum absolute atomic E-state index is 15.0. The first kappa shape index (κ1) is 27.2. The van der Waals surface area contributed by atoms with E-state index in [1.165, 1.54) is 29.2 Å². The number of pyridine rings is 1. The van der Waals surface area contributed by atoms with Gasteiger partial charge in [0.15, 0.2) is 5.11 Å². The number of hydrogen-bond acceptors (Lipinski definition) is 6. The number of nitrogens with zero attached hydrogens (tertiary/aromatic N) is 4. The molecule has 0 N–H and O–H groups in total. The van der Waals surface area contributed by atoms with Crippen LogP contribution in [0.25, 0.3) is 5.65 Å². The molecule has 1 saturated heterocycles. The van der Waals surface area contributed by atoms with Gasteiger partial charge in [-0.3, -0.25) is 18.9 Å². The van der Waals surface area contributed by atoms with Gasteiger partial charge in [-0.15, -0.1) is 6.42 Å². The highest BCUT2D eigenvalue weighted by Gasteiger charge is 2.50. The Morgan fingerprint density at radius 3 is 2.50 bits per heavy atom. The minimum absolute atomic E-state index is 0.190. The fraction of sp³-hybridized carbons (Fsp3) is 0.357. The quantitative estimate of drug-likeness (QED) is 0.255. The van der Waals surface area contributed by atoms with Crippen LogP contribution in [0.1, 0.15) is 44.4 Å². The van der Waals surface area contributed by atoms with E-state index >= 15 is 0 Å². The van der Waals surface area contributed by atoms with Crippen LogP contribution < -0.4 is 20.1 Å². The zero-order chi connectivity index (χ0) is 28.0. The number of aromatic nitrogens is 2. The van der Waals surface area contributed by atoms with Gasteiger partial charge in [0.1, 0.15) is 23.5 Å². The third-order valence-corrected chi connectivity index (χ3v) is 6.79. The summed E-state index contributed by atoms with van der Waals surface area (Å²) in [5, 5.41) is 0.190. The van der Waals surface area contributed by atoms with Crippen molar-refractivity contribution in [2.45, 2.75) is 45.8 Å². The average molecular weight is 537 g/mol. The summed E-state index contributed by atoms with van der Waals surface area (Å²) in [6.45, 7) is 8.73. The number of rotatable bonds is 7. The molecule has 0 unspecified atom stereocenters. The van der Waals surface area contributed by atoms with Crippen LogP contribution in [0.15, 0.2) is 41.3 Å². The normalized spacial score (nSPS) is 15.3. The van der Waals surface area contributed by atoms with Gasteiger partial charge in [-0.1, -0.05) is 5.92 Å². The lowest BCUT2D eigenvalue weighted by atomic mass is 9.94. The molecule has 1 aliphatic rings. The summed E-state index contributed by atoms with van der Waals surface area (Å²) in [5.41, 5.74) is -0.460. The van der Waals surface area contributed by atoms with Crippen molar-refractivity contribution in [3.8, 4) is 18.2 Å². The number of hydrogen-bond donors (Lipinski definition) is 0. The van der Waals surface area contributed by atoms with Gasteiger partial charge in [-0.25, -0.2) is 4.39 Å². The molecule has 1 aliphatic heterocycles. The second kappa shape index (κ2) is 9.82. The molecule has 2 aromatic heterocycles. The fourth-order valence-electron chi connectivity index (χ4n) is 4.50. The van der Waals surface area contributed by atoms with Crippen LogP contribution in [0.2, 0.25) is 0 Å². The number of aryl methyl sites for hydroxylation is 1. The van der Waals surface area contributed by atoms with Crippen LogP contribution in [0.4, 0.5) is 15.8 Å². The molecule has 10 heteroatoms. The van der Waals surface area contributed by atoms with Crippen LogP contribution in [0.3, 0.4) is 0 Å². The van der Waals surface area contributed by atoms with Gasteiger partial charge >= 0.3 is 0 Å². The van der Waals surface area contributed by atoms with Crippen LogP contribution in [-0.4, -0.2) is 46.3 Å². The Morgan fingerprint density at radius 1 is 1.16 bits per heavy atom. The number of amides is 1. The number of fused-ring (bicyclic) bond motifs is 1. The van der Waals surface area contributed by atoms with Crippen molar-refractivity contribution in [1.82, 2.24) is 9.38 Å². The highest BCUT2D eigenvalue weighted by Crippen LogP contribution is 2.39. The molecule has 38 heavy (non-hydrogen) atoms. The molecule has 198 valence electrons. The first-order valence-electron chi connectivity index (χ1n) is 12.0. The highest BCUT2D eigenvalue weighted by atomic mass is 32.1. The lowest BCUT2D eigenvalue weighted by Crippen LogP contribution is -2.44. The molecule has 3 heterocycles. The fourth-order valence-corrected chi connectivity index (χ4v) is 5.02. The van der Waals surface area contributed by atoms with Crippen molar-refractivity contribution in [1.29, 1.82) is 0 Å². The number of methoxy groups -OCH3 is 1. The topological polar surface area (TPSA) is 76.4 Å². The van der Waals surface area contributed by atoms with Gasteiger partial charge in [0.05, 0.1) is 24.0 Å². The molecular weight excluding hydrogens is 507 g/mol. The van der Waals surface area contributed by atoms with Crippen molar-refractivity contribution in [2.75, 3.05) is 30.1 Å². The van der Waals surface area contributed by atoms with Crippen LogP contribution in [0.5, 0.6) is 5.88 Å². The predicted molar refractivity (Wildman–Crippen MR) is 149 cm³/mol. The highest BCUT2D eigenvalue weighted by molar-refractivity contribution is 7.81. The van der Waals surface area contributed by atoms with E-state index in [1.807, 2.05) is 13.0 Å². The molecule has 0 radical (unpaired) electrons. The number of halogens is 1. The van der Waals surface area contributed by atoms with Gasteiger partial charge in [0.25, 0.3) is 11.5 Å². The van der Waals surface area contributed by atoms with Gasteiger partial charge in [0.2, 0.25) is 5.88 Å². The van der Waals surface area contributed by atoms with Crippen molar-refractivity contribution in [3.05, 3.63) is 63.6 Å². The van der Waals surface area contributed by atoms with Crippen LogP contribution in [0, 0.1) is 19.3 Å². The summed E-state index contributed by atoms with van der Waals surface area (Å²) in [4.78, 5) is 34.2. The molecule has 3 aromatic rings. The zero-order valence-corrected chi connectivity index (χ0v) is 23.0. The average Bonchev–Trinajstić information content (AvgIpc) is 3.02. The number of ether oxygens (including phenoxy) is 2. The summed E-state index contributed by atoms with van der Waals surface area (Å²) in [6, 6.07) is 7.92. The molecule has 0 bridgehead atoms. The number of carbonyl (C=O) groups is 1. The van der Waals surface area contributed by atoms with E-state index in [9.17, 15) is 14.0 Å².